The number of aromatic amines is 1. The Balaban J connectivity index is 3.05. The first-order valence-corrected chi connectivity index (χ1v) is 3.23. The van der Waals surface area contributed by atoms with E-state index in [1.165, 1.54) is 0 Å². The van der Waals surface area contributed by atoms with Crippen LogP contribution in [0.5, 0.6) is 0 Å². The number of nitrogens with one attached hydrogen (secondary N) is 1. The van der Waals surface area contributed by atoms with Crippen LogP contribution in [0.3, 0.4) is 0 Å². The van der Waals surface area contributed by atoms with E-state index in [0.717, 1.165) is 10.7 Å². The van der Waals surface area contributed by atoms with Crippen molar-refractivity contribution in [1.82, 2.24) is 9.78 Å². The Labute approximate surface area is 61.6 Å². The van der Waals surface area contributed by atoms with Crippen LogP contribution in [0.15, 0.2) is 10.9 Å². The van der Waals surface area contributed by atoms with E-state index in [1.54, 1.807) is 6.92 Å². The van der Waals surface area contributed by atoms with E-state index in [2.05, 4.69) is 5.10 Å². The van der Waals surface area contributed by atoms with Crippen molar-refractivity contribution in [3.63, 3.8) is 0 Å². The Morgan fingerprint density at radius 1 is 1.73 bits per heavy atom. The van der Waals surface area contributed by atoms with Gasteiger partial charge in [-0.1, -0.05) is 0 Å². The van der Waals surface area contributed by atoms with Crippen LogP contribution in [0.1, 0.15) is 19.0 Å². The molecule has 0 aliphatic rings. The van der Waals surface area contributed by atoms with Crippen LogP contribution in [0.2, 0.25) is 0 Å². The van der Waals surface area contributed by atoms with Gasteiger partial charge in [0.2, 0.25) is 0 Å². The molecule has 0 bridgehead atoms. The fraction of sp³-hybridized carbons (Fsp3) is 0.500. The predicted molar refractivity (Wildman–Crippen MR) is 35.7 cm³/mol. The summed E-state index contributed by atoms with van der Waals surface area (Å²) in [6, 6.07) is 0.911. The van der Waals surface area contributed by atoms with E-state index in [4.69, 9.17) is 0 Å². The Morgan fingerprint density at radius 3 is 2.64 bits per heavy atom. The minimum atomic E-state index is -2.60. The molecule has 5 heteroatoms. The maximum atomic E-state index is 11.9. The third-order valence-electron chi connectivity index (χ3n) is 1.36. The third kappa shape index (κ3) is 1.47. The lowest BCUT2D eigenvalue weighted by atomic mass is 10.5. The highest BCUT2D eigenvalue weighted by molar-refractivity contribution is 5.00. The quantitative estimate of drug-likeness (QED) is 0.695. The van der Waals surface area contributed by atoms with E-state index < -0.39 is 12.0 Å². The van der Waals surface area contributed by atoms with Gasteiger partial charge in [0.05, 0.1) is 0 Å². The van der Waals surface area contributed by atoms with Gasteiger partial charge < -0.3 is 0 Å². The highest BCUT2D eigenvalue weighted by Crippen LogP contribution is 2.13. The van der Waals surface area contributed by atoms with Crippen molar-refractivity contribution in [2.75, 3.05) is 0 Å². The molecule has 1 aromatic rings. The third-order valence-corrected chi connectivity index (χ3v) is 1.36. The smallest absolute Gasteiger partial charge is 0.279 e. The van der Waals surface area contributed by atoms with Crippen molar-refractivity contribution in [2.45, 2.75) is 19.9 Å². The van der Waals surface area contributed by atoms with Gasteiger partial charge in [-0.3, -0.25) is 14.6 Å². The summed E-state index contributed by atoms with van der Waals surface area (Å²) in [4.78, 5) is 10.8. The number of hydrogen-bond donors (Lipinski definition) is 1. The van der Waals surface area contributed by atoms with Gasteiger partial charge in [-0.2, -0.15) is 0 Å². The Bertz CT molecular complexity index is 289. The summed E-state index contributed by atoms with van der Waals surface area (Å²) < 4.78 is 25.0. The zero-order chi connectivity index (χ0) is 8.43. The molecule has 0 amide bonds. The van der Waals surface area contributed by atoms with Gasteiger partial charge in [0.25, 0.3) is 12.0 Å². The first-order chi connectivity index (χ1) is 5.15. The van der Waals surface area contributed by atoms with Crippen molar-refractivity contribution in [3.8, 4) is 0 Å². The van der Waals surface area contributed by atoms with Gasteiger partial charge in [-0.25, -0.2) is 8.78 Å². The van der Waals surface area contributed by atoms with Crippen molar-refractivity contribution >= 4 is 0 Å². The Morgan fingerprint density at radius 2 is 2.36 bits per heavy atom. The van der Waals surface area contributed by atoms with Crippen LogP contribution in [0.4, 0.5) is 8.78 Å². The van der Waals surface area contributed by atoms with Crippen LogP contribution in [-0.4, -0.2) is 9.78 Å². The minimum absolute atomic E-state index is 0.322. The fourth-order valence-corrected chi connectivity index (χ4v) is 0.801. The highest BCUT2D eigenvalue weighted by Gasteiger charge is 2.10. The molecule has 1 N–H and O–H groups in total. The van der Waals surface area contributed by atoms with Gasteiger partial charge in [0.15, 0.2) is 0 Å². The van der Waals surface area contributed by atoms with Gasteiger partial charge >= 0.3 is 0 Å². The molecular formula is C6H8F2N2O. The molecule has 1 rings (SSSR count). The molecule has 0 aliphatic heterocycles. The number of halogens is 2. The molecule has 0 radical (unpaired) electrons. The average Bonchev–Trinajstić information content (AvgIpc) is 2.31. The molecule has 0 spiro atoms. The van der Waals surface area contributed by atoms with Crippen molar-refractivity contribution in [2.24, 2.45) is 0 Å². The summed E-state index contributed by atoms with van der Waals surface area (Å²) in [7, 11) is 0. The number of aromatic nitrogens is 2. The lowest BCUT2D eigenvalue weighted by Gasteiger charge is -1.94. The fourth-order valence-electron chi connectivity index (χ4n) is 0.801. The summed E-state index contributed by atoms with van der Waals surface area (Å²) >= 11 is 0. The van der Waals surface area contributed by atoms with E-state index in [1.807, 2.05) is 0 Å². The van der Waals surface area contributed by atoms with E-state index in [0.29, 0.717) is 6.54 Å². The Kier molecular flexibility index (Phi) is 2.07. The number of hydrogen-bond acceptors (Lipinski definition) is 1. The predicted octanol–water partition coefficient (Wildman–Crippen LogP) is 1.13. The molecule has 0 fully saturated rings. The molecule has 3 nitrogen and oxygen atoms in total. The number of nitrogens with zero attached hydrogens (tertiary/aromatic N) is 1. The topological polar surface area (TPSA) is 37.8 Å². The van der Waals surface area contributed by atoms with Crippen LogP contribution in [0.25, 0.3) is 0 Å². The van der Waals surface area contributed by atoms with Crippen molar-refractivity contribution in [1.29, 1.82) is 0 Å². The zero-order valence-corrected chi connectivity index (χ0v) is 5.97. The second kappa shape index (κ2) is 2.86. The molecule has 0 atom stereocenters. The zero-order valence-electron chi connectivity index (χ0n) is 5.97. The number of aryl methyl sites for hydroxylation is 1. The van der Waals surface area contributed by atoms with Crippen LogP contribution >= 0.6 is 0 Å². The maximum Gasteiger partial charge on any atom is 0.279 e. The number of alkyl halides is 2. The average molecular weight is 162 g/mol. The van der Waals surface area contributed by atoms with Crippen molar-refractivity contribution in [3.05, 3.63) is 22.1 Å². The lowest BCUT2D eigenvalue weighted by Crippen LogP contribution is -2.13. The summed E-state index contributed by atoms with van der Waals surface area (Å²) in [5.74, 6) is 0. The molecule has 1 aromatic heterocycles. The highest BCUT2D eigenvalue weighted by atomic mass is 19.3. The van der Waals surface area contributed by atoms with E-state index in [9.17, 15) is 13.6 Å². The molecule has 11 heavy (non-hydrogen) atoms. The molecule has 0 aliphatic carbocycles. The molecule has 0 unspecified atom stereocenters. The Hall–Kier alpha value is -1.13. The second-order valence-electron chi connectivity index (χ2n) is 2.09. The monoisotopic (exact) mass is 162 g/mol. The summed E-state index contributed by atoms with van der Waals surface area (Å²) in [5.41, 5.74) is -0.736. The molecule has 1 heterocycles. The van der Waals surface area contributed by atoms with Crippen LogP contribution < -0.4 is 5.56 Å². The minimum Gasteiger partial charge on any atom is -0.294 e. The molecule has 0 saturated heterocycles. The van der Waals surface area contributed by atoms with Gasteiger partial charge in [0, 0.05) is 12.6 Å². The maximum absolute atomic E-state index is 11.9. The van der Waals surface area contributed by atoms with Crippen molar-refractivity contribution < 1.29 is 8.78 Å². The number of H-pyrrole nitrogens is 1. The summed E-state index contributed by atoms with van der Waals surface area (Å²) in [5, 5.41) is 2.28. The van der Waals surface area contributed by atoms with E-state index >= 15 is 0 Å². The van der Waals surface area contributed by atoms with Gasteiger partial charge in [-0.05, 0) is 6.92 Å². The van der Waals surface area contributed by atoms with Crippen LogP contribution in [0, 0.1) is 0 Å². The summed E-state index contributed by atoms with van der Waals surface area (Å²) in [6.45, 7) is 2.08. The lowest BCUT2D eigenvalue weighted by molar-refractivity contribution is 0.145. The van der Waals surface area contributed by atoms with E-state index in [-0.39, 0.29) is 5.69 Å². The first kappa shape index (κ1) is 7.97. The van der Waals surface area contributed by atoms with Crippen LogP contribution in [-0.2, 0) is 6.54 Å². The largest absolute Gasteiger partial charge is 0.294 e. The molecule has 0 saturated carbocycles. The molecule has 62 valence electrons. The van der Waals surface area contributed by atoms with Gasteiger partial charge in [0.1, 0.15) is 5.69 Å². The second-order valence-corrected chi connectivity index (χ2v) is 2.09. The van der Waals surface area contributed by atoms with Gasteiger partial charge in [-0.15, -0.1) is 0 Å². The normalized spacial score (nSPS) is 10.9. The summed E-state index contributed by atoms with van der Waals surface area (Å²) in [6.07, 6.45) is -2.60. The SMILES string of the molecule is CCn1[nH]c(C(F)F)cc1=O. The first-order valence-electron chi connectivity index (χ1n) is 3.23. The molecule has 0 aromatic carbocycles. The number of rotatable bonds is 2. The molecular weight excluding hydrogens is 154 g/mol. The standard InChI is InChI=1S/C6H8F2N2O/c1-2-10-5(11)3-4(9-10)6(7)8/h3,6,9H,2H2,1H3.